The Labute approximate surface area is 112 Å². The number of ether oxygens (including phenoxy) is 1. The average Bonchev–Trinajstić information content (AvgIpc) is 2.61. The zero-order valence-electron chi connectivity index (χ0n) is 9.20. The smallest absolute Gasteiger partial charge is 0.307 e. The molecule has 1 heterocycles. The van der Waals surface area contributed by atoms with Crippen LogP contribution in [0.15, 0.2) is 22.7 Å². The first-order chi connectivity index (χ1) is 8.11. The summed E-state index contributed by atoms with van der Waals surface area (Å²) in [5, 5.41) is 0. The number of aryl methyl sites for hydroxylation is 1. The highest BCUT2D eigenvalue weighted by molar-refractivity contribution is 9.10. The van der Waals surface area contributed by atoms with E-state index in [1.165, 1.54) is 7.11 Å². The van der Waals surface area contributed by atoms with Gasteiger partial charge < -0.3 is 14.3 Å². The van der Waals surface area contributed by atoms with Gasteiger partial charge in [-0.25, -0.2) is 0 Å². The molecule has 0 aliphatic heterocycles. The van der Waals surface area contributed by atoms with Gasteiger partial charge in [-0.3, -0.25) is 4.79 Å². The summed E-state index contributed by atoms with van der Waals surface area (Å²) in [5.74, 6) is -0.238. The molecule has 1 aromatic heterocycles. The fourth-order valence-electron chi connectivity index (χ4n) is 1.66. The lowest BCUT2D eigenvalue weighted by molar-refractivity contribution is -0.140. The Hall–Kier alpha value is -1.14. The zero-order valence-corrected chi connectivity index (χ0v) is 11.6. The summed E-state index contributed by atoms with van der Waals surface area (Å²) in [5.41, 5.74) is 1.94. The summed E-state index contributed by atoms with van der Waals surface area (Å²) in [4.78, 5) is 14.2. The second-order valence-electron chi connectivity index (χ2n) is 3.57. The third kappa shape index (κ3) is 2.58. The lowest BCUT2D eigenvalue weighted by Gasteiger charge is -2.03. The fourth-order valence-corrected chi connectivity index (χ4v) is 2.32. The number of H-pyrrole nitrogens is 1. The molecule has 0 saturated heterocycles. The topological polar surface area (TPSA) is 47.0 Å². The van der Waals surface area contributed by atoms with E-state index in [1.54, 1.807) is 0 Å². The second-order valence-corrected chi connectivity index (χ2v) is 4.87. The van der Waals surface area contributed by atoms with Gasteiger partial charge in [-0.2, -0.15) is 0 Å². The molecule has 0 amide bonds. The van der Waals surface area contributed by atoms with Crippen LogP contribution in [0.2, 0.25) is 0 Å². The van der Waals surface area contributed by atoms with Gasteiger partial charge in [0, 0.05) is 11.0 Å². The van der Waals surface area contributed by atoms with Crippen LogP contribution in [0.3, 0.4) is 0 Å². The van der Waals surface area contributed by atoms with Gasteiger partial charge in [-0.05, 0) is 30.4 Å². The van der Waals surface area contributed by atoms with Crippen molar-refractivity contribution in [3.63, 3.8) is 0 Å². The van der Waals surface area contributed by atoms with E-state index in [9.17, 15) is 4.79 Å². The van der Waals surface area contributed by atoms with Crippen LogP contribution in [0.4, 0.5) is 0 Å². The van der Waals surface area contributed by atoms with Gasteiger partial charge in [0.15, 0.2) is 4.77 Å². The standard InChI is InChI=1S/C11H11BrN2O2S/c1-16-10(15)4-5-14-9-3-2-7(12)6-8(9)13-11(14)17/h2-3,6H,4-5H2,1H3,(H,13,17). The number of esters is 1. The third-order valence-electron chi connectivity index (χ3n) is 2.50. The van der Waals surface area contributed by atoms with Gasteiger partial charge in [0.1, 0.15) is 0 Å². The molecule has 90 valence electrons. The number of nitrogens with zero attached hydrogens (tertiary/aromatic N) is 1. The quantitative estimate of drug-likeness (QED) is 0.699. The number of hydrogen-bond donors (Lipinski definition) is 1. The molecule has 0 bridgehead atoms. The number of carbonyl (C=O) groups excluding carboxylic acids is 1. The number of fused-ring (bicyclic) bond motifs is 1. The van der Waals surface area contributed by atoms with E-state index in [0.29, 0.717) is 17.7 Å². The van der Waals surface area contributed by atoms with Crippen molar-refractivity contribution in [2.75, 3.05) is 7.11 Å². The Kier molecular flexibility index (Phi) is 3.63. The van der Waals surface area contributed by atoms with Crippen molar-refractivity contribution in [3.05, 3.63) is 27.4 Å². The third-order valence-corrected chi connectivity index (χ3v) is 3.32. The van der Waals surface area contributed by atoms with Crippen LogP contribution in [-0.4, -0.2) is 22.6 Å². The van der Waals surface area contributed by atoms with Crippen molar-refractivity contribution >= 4 is 45.2 Å². The van der Waals surface area contributed by atoms with Crippen LogP contribution in [0.1, 0.15) is 6.42 Å². The maximum atomic E-state index is 11.1. The van der Waals surface area contributed by atoms with Gasteiger partial charge >= 0.3 is 5.97 Å². The van der Waals surface area contributed by atoms with E-state index in [0.717, 1.165) is 15.5 Å². The normalized spacial score (nSPS) is 10.7. The van der Waals surface area contributed by atoms with Crippen LogP contribution < -0.4 is 0 Å². The molecule has 0 fully saturated rings. The van der Waals surface area contributed by atoms with Crippen LogP contribution >= 0.6 is 28.1 Å². The first-order valence-corrected chi connectivity index (χ1v) is 6.27. The molecule has 6 heteroatoms. The zero-order chi connectivity index (χ0) is 12.4. The highest BCUT2D eigenvalue weighted by Gasteiger charge is 2.07. The van der Waals surface area contributed by atoms with E-state index in [4.69, 9.17) is 12.2 Å². The molecule has 1 N–H and O–H groups in total. The van der Waals surface area contributed by atoms with Gasteiger partial charge in [-0.1, -0.05) is 15.9 Å². The van der Waals surface area contributed by atoms with Gasteiger partial charge in [0.05, 0.1) is 24.6 Å². The first-order valence-electron chi connectivity index (χ1n) is 5.06. The molecule has 4 nitrogen and oxygen atoms in total. The highest BCUT2D eigenvalue weighted by atomic mass is 79.9. The van der Waals surface area contributed by atoms with Crippen LogP contribution in [-0.2, 0) is 16.1 Å². The summed E-state index contributed by atoms with van der Waals surface area (Å²) < 4.78 is 8.11. The van der Waals surface area contributed by atoms with Crippen molar-refractivity contribution in [2.24, 2.45) is 0 Å². The number of nitrogens with one attached hydrogen (secondary N) is 1. The molecular weight excluding hydrogens is 304 g/mol. The molecule has 2 aromatic rings. The van der Waals surface area contributed by atoms with Crippen molar-refractivity contribution in [2.45, 2.75) is 13.0 Å². The first kappa shape index (κ1) is 12.3. The SMILES string of the molecule is COC(=O)CCn1c(=S)[nH]c2cc(Br)ccc21. The number of benzene rings is 1. The molecule has 0 unspecified atom stereocenters. The Morgan fingerprint density at radius 1 is 1.59 bits per heavy atom. The number of imidazole rings is 1. The molecular formula is C11H11BrN2O2S. The number of hydrogen-bond acceptors (Lipinski definition) is 3. The lowest BCUT2D eigenvalue weighted by Crippen LogP contribution is -2.06. The van der Waals surface area contributed by atoms with Crippen molar-refractivity contribution in [3.8, 4) is 0 Å². The van der Waals surface area contributed by atoms with Gasteiger partial charge in [-0.15, -0.1) is 0 Å². The highest BCUT2D eigenvalue weighted by Crippen LogP contribution is 2.19. The number of aromatic nitrogens is 2. The summed E-state index contributed by atoms with van der Waals surface area (Å²) in [6.07, 6.45) is 0.313. The Balaban J connectivity index is 2.36. The average molecular weight is 315 g/mol. The Morgan fingerprint density at radius 3 is 3.06 bits per heavy atom. The summed E-state index contributed by atoms with van der Waals surface area (Å²) >= 11 is 8.63. The van der Waals surface area contributed by atoms with E-state index in [1.807, 2.05) is 22.8 Å². The van der Waals surface area contributed by atoms with E-state index < -0.39 is 0 Å². The molecule has 0 aliphatic rings. The maximum Gasteiger partial charge on any atom is 0.307 e. The van der Waals surface area contributed by atoms with Gasteiger partial charge in [0.2, 0.25) is 0 Å². The molecule has 0 saturated carbocycles. The number of carbonyl (C=O) groups is 1. The largest absolute Gasteiger partial charge is 0.469 e. The van der Waals surface area contributed by atoms with E-state index in [2.05, 4.69) is 25.7 Å². The monoisotopic (exact) mass is 314 g/mol. The van der Waals surface area contributed by atoms with Crippen LogP contribution in [0.25, 0.3) is 11.0 Å². The maximum absolute atomic E-state index is 11.1. The predicted molar refractivity (Wildman–Crippen MR) is 71.5 cm³/mol. The van der Waals surface area contributed by atoms with Crippen molar-refractivity contribution in [1.82, 2.24) is 9.55 Å². The Bertz CT molecular complexity index is 617. The summed E-state index contributed by atoms with van der Waals surface area (Å²) in [7, 11) is 1.38. The Morgan fingerprint density at radius 2 is 2.35 bits per heavy atom. The minimum Gasteiger partial charge on any atom is -0.469 e. The van der Waals surface area contributed by atoms with Crippen LogP contribution in [0.5, 0.6) is 0 Å². The minimum atomic E-state index is -0.238. The number of methoxy groups -OCH3 is 1. The fraction of sp³-hybridized carbons (Fsp3) is 0.273. The molecule has 1 aromatic carbocycles. The summed E-state index contributed by atoms with van der Waals surface area (Å²) in [6.45, 7) is 0.521. The van der Waals surface area contributed by atoms with Crippen molar-refractivity contribution in [1.29, 1.82) is 0 Å². The lowest BCUT2D eigenvalue weighted by atomic mass is 10.3. The summed E-state index contributed by atoms with van der Waals surface area (Å²) in [6, 6.07) is 5.86. The van der Waals surface area contributed by atoms with Crippen molar-refractivity contribution < 1.29 is 9.53 Å². The molecule has 2 rings (SSSR count). The molecule has 0 aliphatic carbocycles. The molecule has 0 radical (unpaired) electrons. The molecule has 0 spiro atoms. The van der Waals surface area contributed by atoms with Crippen LogP contribution in [0, 0.1) is 4.77 Å². The van der Waals surface area contributed by atoms with E-state index >= 15 is 0 Å². The number of halogens is 1. The van der Waals surface area contributed by atoms with Gasteiger partial charge in [0.25, 0.3) is 0 Å². The number of aromatic amines is 1. The van der Waals surface area contributed by atoms with E-state index in [-0.39, 0.29) is 5.97 Å². The second kappa shape index (κ2) is 5.01. The number of rotatable bonds is 3. The minimum absolute atomic E-state index is 0.238. The molecule has 0 atom stereocenters. The molecule has 17 heavy (non-hydrogen) atoms. The predicted octanol–water partition coefficient (Wildman–Crippen LogP) is 3.02.